The molecule has 2 atom stereocenters. The molecule has 2 unspecified atom stereocenters. The summed E-state index contributed by atoms with van der Waals surface area (Å²) in [5, 5.41) is 9.03. The van der Waals surface area contributed by atoms with Crippen LogP contribution in [-0.2, 0) is 0 Å². The Morgan fingerprint density at radius 3 is 2.00 bits per heavy atom. The number of hydrogen-bond donors (Lipinski definition) is 1. The van der Waals surface area contributed by atoms with E-state index in [9.17, 15) is 0 Å². The van der Waals surface area contributed by atoms with E-state index in [1.165, 1.54) is 12.8 Å². The molecule has 0 aromatic heterocycles. The third-order valence-electron chi connectivity index (χ3n) is 2.13. The Bertz CT molecular complexity index is 72.5. The molecule has 0 bridgehead atoms. The van der Waals surface area contributed by atoms with E-state index in [1.807, 2.05) is 6.92 Å². The van der Waals surface area contributed by atoms with Crippen molar-refractivity contribution >= 4 is 0 Å². The van der Waals surface area contributed by atoms with Crippen LogP contribution in [0.1, 0.15) is 26.7 Å². The Morgan fingerprint density at radius 1 is 1.38 bits per heavy atom. The summed E-state index contributed by atoms with van der Waals surface area (Å²) in [7, 11) is 0. The average Bonchev–Trinajstić information content (AvgIpc) is 2.43. The Morgan fingerprint density at radius 2 is 1.88 bits per heavy atom. The van der Waals surface area contributed by atoms with Gasteiger partial charge in [0, 0.05) is 0 Å². The minimum Gasteiger partial charge on any atom is -0.393 e. The molecule has 1 rings (SSSR count). The van der Waals surface area contributed by atoms with Crippen LogP contribution >= 0.6 is 0 Å². The molecule has 1 aliphatic carbocycles. The van der Waals surface area contributed by atoms with E-state index in [0.29, 0.717) is 5.92 Å². The minimum absolute atomic E-state index is 0.0949. The van der Waals surface area contributed by atoms with Gasteiger partial charge in [0.2, 0.25) is 0 Å². The van der Waals surface area contributed by atoms with Gasteiger partial charge in [-0.15, -0.1) is 0 Å². The molecule has 1 nitrogen and oxygen atoms in total. The number of rotatable bonds is 2. The Labute approximate surface area is 50.7 Å². The van der Waals surface area contributed by atoms with Crippen LogP contribution in [0.15, 0.2) is 0 Å². The van der Waals surface area contributed by atoms with Gasteiger partial charge >= 0.3 is 0 Å². The van der Waals surface area contributed by atoms with Crippen LogP contribution in [0.3, 0.4) is 0 Å². The van der Waals surface area contributed by atoms with E-state index in [0.717, 1.165) is 5.92 Å². The summed E-state index contributed by atoms with van der Waals surface area (Å²) >= 11 is 0. The molecule has 0 aromatic rings. The first-order valence-electron chi connectivity index (χ1n) is 3.40. The molecule has 0 spiro atoms. The Hall–Kier alpha value is -0.0400. The molecule has 0 heterocycles. The van der Waals surface area contributed by atoms with Gasteiger partial charge in [-0.1, -0.05) is 6.92 Å². The molecule has 0 radical (unpaired) electrons. The lowest BCUT2D eigenvalue weighted by molar-refractivity contribution is 0.123. The highest BCUT2D eigenvalue weighted by molar-refractivity contribution is 4.80. The zero-order chi connectivity index (χ0) is 6.15. The first-order chi connectivity index (χ1) is 3.72. The fourth-order valence-corrected chi connectivity index (χ4v) is 1.02. The van der Waals surface area contributed by atoms with Crippen molar-refractivity contribution in [1.29, 1.82) is 0 Å². The molecule has 0 saturated heterocycles. The highest BCUT2D eigenvalue weighted by Crippen LogP contribution is 2.37. The SMILES string of the molecule is CC(O)C(C)C1CC1. The van der Waals surface area contributed by atoms with Crippen molar-refractivity contribution in [3.05, 3.63) is 0 Å². The first-order valence-corrected chi connectivity index (χ1v) is 3.40. The lowest BCUT2D eigenvalue weighted by Crippen LogP contribution is -2.14. The van der Waals surface area contributed by atoms with E-state index in [2.05, 4.69) is 6.92 Å². The summed E-state index contributed by atoms with van der Waals surface area (Å²) in [4.78, 5) is 0. The maximum absolute atomic E-state index is 9.03. The summed E-state index contributed by atoms with van der Waals surface area (Å²) in [6.07, 6.45) is 2.58. The van der Waals surface area contributed by atoms with Crippen LogP contribution in [0.25, 0.3) is 0 Å². The fraction of sp³-hybridized carbons (Fsp3) is 1.00. The normalized spacial score (nSPS) is 27.4. The van der Waals surface area contributed by atoms with Gasteiger partial charge in [0.25, 0.3) is 0 Å². The monoisotopic (exact) mass is 114 g/mol. The molecule has 0 aromatic carbocycles. The van der Waals surface area contributed by atoms with E-state index >= 15 is 0 Å². The van der Waals surface area contributed by atoms with Gasteiger partial charge in [0.15, 0.2) is 0 Å². The van der Waals surface area contributed by atoms with Gasteiger partial charge in [0.05, 0.1) is 6.10 Å². The second-order valence-electron chi connectivity index (χ2n) is 2.94. The Balaban J connectivity index is 2.22. The van der Waals surface area contributed by atoms with Crippen molar-refractivity contribution in [3.8, 4) is 0 Å². The maximum atomic E-state index is 9.03. The Kier molecular flexibility index (Phi) is 1.57. The van der Waals surface area contributed by atoms with Crippen molar-refractivity contribution < 1.29 is 5.11 Å². The summed E-state index contributed by atoms with van der Waals surface area (Å²) in [6.45, 7) is 4.01. The molecule has 8 heavy (non-hydrogen) atoms. The summed E-state index contributed by atoms with van der Waals surface area (Å²) in [5.74, 6) is 1.38. The van der Waals surface area contributed by atoms with Gasteiger partial charge in [0.1, 0.15) is 0 Å². The molecule has 1 aliphatic rings. The average molecular weight is 114 g/mol. The highest BCUT2D eigenvalue weighted by Gasteiger charge is 2.30. The molecular formula is C7H14O. The standard InChI is InChI=1S/C7H14O/c1-5(6(2)8)7-3-4-7/h5-8H,3-4H2,1-2H3. The summed E-state index contributed by atoms with van der Waals surface area (Å²) in [5.41, 5.74) is 0. The molecule has 0 amide bonds. The predicted molar refractivity (Wildman–Crippen MR) is 33.6 cm³/mol. The van der Waals surface area contributed by atoms with Crippen LogP contribution in [0, 0.1) is 11.8 Å². The molecule has 0 aliphatic heterocycles. The third kappa shape index (κ3) is 1.22. The van der Waals surface area contributed by atoms with Gasteiger partial charge in [-0.2, -0.15) is 0 Å². The van der Waals surface area contributed by atoms with Gasteiger partial charge in [-0.25, -0.2) is 0 Å². The minimum atomic E-state index is -0.0949. The van der Waals surface area contributed by atoms with Crippen molar-refractivity contribution in [1.82, 2.24) is 0 Å². The first kappa shape index (κ1) is 6.09. The van der Waals surface area contributed by atoms with Gasteiger partial charge < -0.3 is 5.11 Å². The highest BCUT2D eigenvalue weighted by atomic mass is 16.3. The quantitative estimate of drug-likeness (QED) is 0.575. The number of hydrogen-bond acceptors (Lipinski definition) is 1. The largest absolute Gasteiger partial charge is 0.393 e. The molecular weight excluding hydrogens is 100 g/mol. The molecule has 1 saturated carbocycles. The predicted octanol–water partition coefficient (Wildman–Crippen LogP) is 1.41. The van der Waals surface area contributed by atoms with Crippen LogP contribution in [0.4, 0.5) is 0 Å². The number of aliphatic hydroxyl groups is 1. The second kappa shape index (κ2) is 2.06. The van der Waals surface area contributed by atoms with E-state index in [-0.39, 0.29) is 6.10 Å². The lowest BCUT2D eigenvalue weighted by Gasteiger charge is -2.11. The molecule has 48 valence electrons. The summed E-state index contributed by atoms with van der Waals surface area (Å²) < 4.78 is 0. The zero-order valence-corrected chi connectivity index (χ0v) is 5.59. The molecule has 1 heteroatoms. The van der Waals surface area contributed by atoms with Crippen molar-refractivity contribution in [3.63, 3.8) is 0 Å². The van der Waals surface area contributed by atoms with Crippen LogP contribution in [0.5, 0.6) is 0 Å². The smallest absolute Gasteiger partial charge is 0.0540 e. The topological polar surface area (TPSA) is 20.2 Å². The maximum Gasteiger partial charge on any atom is 0.0540 e. The van der Waals surface area contributed by atoms with E-state index in [4.69, 9.17) is 5.11 Å². The van der Waals surface area contributed by atoms with Crippen LogP contribution in [-0.4, -0.2) is 11.2 Å². The van der Waals surface area contributed by atoms with Crippen molar-refractivity contribution in [2.24, 2.45) is 11.8 Å². The molecule has 1 fully saturated rings. The van der Waals surface area contributed by atoms with Crippen molar-refractivity contribution in [2.75, 3.05) is 0 Å². The van der Waals surface area contributed by atoms with E-state index < -0.39 is 0 Å². The zero-order valence-electron chi connectivity index (χ0n) is 5.59. The van der Waals surface area contributed by atoms with Crippen molar-refractivity contribution in [2.45, 2.75) is 32.8 Å². The van der Waals surface area contributed by atoms with Crippen LogP contribution in [0.2, 0.25) is 0 Å². The number of aliphatic hydroxyl groups excluding tert-OH is 1. The van der Waals surface area contributed by atoms with E-state index in [1.54, 1.807) is 0 Å². The summed E-state index contributed by atoms with van der Waals surface area (Å²) in [6, 6.07) is 0. The van der Waals surface area contributed by atoms with Gasteiger partial charge in [-0.05, 0) is 31.6 Å². The molecule has 1 N–H and O–H groups in total. The second-order valence-corrected chi connectivity index (χ2v) is 2.94. The van der Waals surface area contributed by atoms with Gasteiger partial charge in [-0.3, -0.25) is 0 Å². The fourth-order valence-electron chi connectivity index (χ4n) is 1.02. The third-order valence-corrected chi connectivity index (χ3v) is 2.13. The lowest BCUT2D eigenvalue weighted by atomic mass is 10.0. The van der Waals surface area contributed by atoms with Crippen LogP contribution < -0.4 is 0 Å².